The van der Waals surface area contributed by atoms with E-state index in [0.29, 0.717) is 12.2 Å². The van der Waals surface area contributed by atoms with Crippen LogP contribution in [-0.2, 0) is 11.3 Å². The van der Waals surface area contributed by atoms with Crippen LogP contribution in [-0.4, -0.2) is 22.6 Å². The van der Waals surface area contributed by atoms with Crippen LogP contribution >= 0.6 is 0 Å². The molecule has 0 amide bonds. The molecule has 1 aromatic heterocycles. The van der Waals surface area contributed by atoms with Gasteiger partial charge in [-0.05, 0) is 43.0 Å². The summed E-state index contributed by atoms with van der Waals surface area (Å²) in [6, 6.07) is 16.1. The summed E-state index contributed by atoms with van der Waals surface area (Å²) in [7, 11) is 0. The fourth-order valence-electron chi connectivity index (χ4n) is 3.18. The highest BCUT2D eigenvalue weighted by molar-refractivity contribution is 5.91. The third kappa shape index (κ3) is 4.95. The predicted octanol–water partition coefficient (Wildman–Crippen LogP) is 4.77. The molecule has 1 heterocycles. The van der Waals surface area contributed by atoms with Crippen LogP contribution in [0.2, 0.25) is 0 Å². The molecule has 3 aromatic rings. The van der Waals surface area contributed by atoms with E-state index in [-0.39, 0.29) is 6.10 Å². The number of anilines is 2. The summed E-state index contributed by atoms with van der Waals surface area (Å²) in [4.78, 5) is 15.3. The Hall–Kier alpha value is -2.66. The molecule has 2 aromatic carbocycles. The Kier molecular flexibility index (Phi) is 6.60. The molecule has 5 nitrogen and oxygen atoms in total. The predicted molar refractivity (Wildman–Crippen MR) is 112 cm³/mol. The van der Waals surface area contributed by atoms with E-state index in [4.69, 9.17) is 10.6 Å². The van der Waals surface area contributed by atoms with Gasteiger partial charge in [0.2, 0.25) is 0 Å². The molecule has 3 rings (SSSR count). The second-order valence-electron chi connectivity index (χ2n) is 6.74. The number of nitrogens with zero attached hydrogens (tertiary/aromatic N) is 3. The zero-order valence-corrected chi connectivity index (χ0v) is 16.1. The van der Waals surface area contributed by atoms with Crippen molar-refractivity contribution in [3.63, 3.8) is 0 Å². The van der Waals surface area contributed by atoms with Crippen LogP contribution in [0, 0.1) is 0 Å². The molecule has 0 saturated carbocycles. The molecule has 0 bridgehead atoms. The molecule has 1 atom stereocenters. The van der Waals surface area contributed by atoms with Gasteiger partial charge < -0.3 is 5.73 Å². The lowest BCUT2D eigenvalue weighted by Crippen LogP contribution is -2.32. The molecule has 0 aliphatic heterocycles. The highest BCUT2D eigenvalue weighted by atomic mass is 16.7. The molecule has 2 N–H and O–H groups in total. The van der Waals surface area contributed by atoms with E-state index in [0.717, 1.165) is 42.4 Å². The summed E-state index contributed by atoms with van der Waals surface area (Å²) in [5.74, 6) is 0.776. The topological polar surface area (TPSA) is 64.3 Å². The highest BCUT2D eigenvalue weighted by Gasteiger charge is 2.18. The van der Waals surface area contributed by atoms with Gasteiger partial charge in [-0.25, -0.2) is 15.0 Å². The zero-order chi connectivity index (χ0) is 19.1. The molecule has 0 fully saturated rings. The van der Waals surface area contributed by atoms with Crippen molar-refractivity contribution >= 4 is 22.4 Å². The minimum absolute atomic E-state index is 0.164. The number of fused-ring (bicyclic) bond motifs is 1. The molecule has 1 unspecified atom stereocenters. The van der Waals surface area contributed by atoms with Gasteiger partial charge >= 0.3 is 0 Å². The second kappa shape index (κ2) is 9.33. The van der Waals surface area contributed by atoms with Crippen LogP contribution in [0.5, 0.6) is 0 Å². The van der Waals surface area contributed by atoms with Crippen molar-refractivity contribution in [1.82, 2.24) is 9.97 Å². The lowest BCUT2D eigenvalue weighted by Gasteiger charge is -2.28. The number of hydrogen-bond donors (Lipinski definition) is 1. The van der Waals surface area contributed by atoms with E-state index in [2.05, 4.69) is 48.1 Å². The number of benzene rings is 2. The Morgan fingerprint density at radius 2 is 1.89 bits per heavy atom. The minimum Gasteiger partial charge on any atom is -0.399 e. The Bertz CT molecular complexity index is 853. The minimum atomic E-state index is 0.164. The summed E-state index contributed by atoms with van der Waals surface area (Å²) >= 11 is 0. The smallest absolute Gasteiger partial charge is 0.163 e. The van der Waals surface area contributed by atoms with Gasteiger partial charge in [-0.3, -0.25) is 4.84 Å². The Morgan fingerprint density at radius 1 is 1.07 bits per heavy atom. The van der Waals surface area contributed by atoms with Crippen LogP contribution in [0.15, 0.2) is 54.9 Å². The summed E-state index contributed by atoms with van der Waals surface area (Å²) in [6.45, 7) is 5.05. The van der Waals surface area contributed by atoms with Gasteiger partial charge in [0.25, 0.3) is 0 Å². The molecule has 0 aliphatic rings. The molecule has 0 radical (unpaired) electrons. The van der Waals surface area contributed by atoms with Crippen molar-refractivity contribution in [3.8, 4) is 0 Å². The first-order chi connectivity index (χ1) is 13.2. The van der Waals surface area contributed by atoms with Gasteiger partial charge in [0.15, 0.2) is 5.82 Å². The summed E-state index contributed by atoms with van der Waals surface area (Å²) in [5.41, 5.74) is 8.85. The average molecular weight is 364 g/mol. The summed E-state index contributed by atoms with van der Waals surface area (Å²) in [5, 5.41) is 2.84. The van der Waals surface area contributed by atoms with Crippen molar-refractivity contribution in [2.75, 3.05) is 17.3 Å². The zero-order valence-electron chi connectivity index (χ0n) is 16.1. The fraction of sp³-hybridized carbons (Fsp3) is 0.364. The number of hydroxylamine groups is 1. The van der Waals surface area contributed by atoms with Crippen molar-refractivity contribution in [3.05, 3.63) is 60.4 Å². The van der Waals surface area contributed by atoms with Gasteiger partial charge in [0.1, 0.15) is 6.33 Å². The molecule has 0 saturated heterocycles. The first-order valence-electron chi connectivity index (χ1n) is 9.69. The Balaban J connectivity index is 1.92. The number of nitrogens with two attached hydrogens (primary N) is 1. The van der Waals surface area contributed by atoms with Crippen molar-refractivity contribution in [1.29, 1.82) is 0 Å². The number of nitrogen functional groups attached to an aromatic ring is 1. The van der Waals surface area contributed by atoms with Crippen molar-refractivity contribution in [2.45, 2.75) is 45.6 Å². The molecular weight excluding hydrogens is 336 g/mol. The van der Waals surface area contributed by atoms with Crippen LogP contribution in [0.4, 0.5) is 11.5 Å². The van der Waals surface area contributed by atoms with E-state index in [1.54, 1.807) is 6.33 Å². The van der Waals surface area contributed by atoms with Crippen LogP contribution < -0.4 is 10.8 Å². The standard InChI is InChI=1S/C22H28N4O/c1-3-8-19(4-2)27-26(14-13-17-9-6-5-7-10-17)22-20-15-18(23)11-12-21(20)24-16-25-22/h5-7,9-12,15-16,19H,3-4,8,13-14,23H2,1-2H3. The monoisotopic (exact) mass is 364 g/mol. The van der Waals surface area contributed by atoms with Crippen LogP contribution in [0.1, 0.15) is 38.7 Å². The van der Waals surface area contributed by atoms with Crippen molar-refractivity contribution in [2.24, 2.45) is 0 Å². The molecule has 142 valence electrons. The largest absolute Gasteiger partial charge is 0.399 e. The first-order valence-corrected chi connectivity index (χ1v) is 9.69. The maximum absolute atomic E-state index is 6.40. The maximum Gasteiger partial charge on any atom is 0.163 e. The lowest BCUT2D eigenvalue weighted by molar-refractivity contribution is 0.0238. The molecular formula is C22H28N4O. The average Bonchev–Trinajstić information content (AvgIpc) is 2.70. The molecule has 0 spiro atoms. The van der Waals surface area contributed by atoms with E-state index >= 15 is 0 Å². The Morgan fingerprint density at radius 3 is 2.63 bits per heavy atom. The third-order valence-electron chi connectivity index (χ3n) is 4.66. The van der Waals surface area contributed by atoms with Crippen LogP contribution in [0.25, 0.3) is 10.9 Å². The second-order valence-corrected chi connectivity index (χ2v) is 6.74. The molecule has 5 heteroatoms. The van der Waals surface area contributed by atoms with E-state index in [1.165, 1.54) is 5.56 Å². The van der Waals surface area contributed by atoms with Crippen LogP contribution in [0.3, 0.4) is 0 Å². The number of hydrogen-bond acceptors (Lipinski definition) is 5. The van der Waals surface area contributed by atoms with Gasteiger partial charge in [0.05, 0.1) is 18.2 Å². The van der Waals surface area contributed by atoms with E-state index in [1.807, 2.05) is 29.3 Å². The van der Waals surface area contributed by atoms with Gasteiger partial charge in [0, 0.05) is 11.1 Å². The summed E-state index contributed by atoms with van der Waals surface area (Å²) < 4.78 is 0. The SMILES string of the molecule is CCCC(CC)ON(CCc1ccccc1)c1ncnc2ccc(N)cc12. The number of rotatable bonds is 9. The van der Waals surface area contributed by atoms with Gasteiger partial charge in [-0.2, -0.15) is 0 Å². The Labute approximate surface area is 161 Å². The molecule has 27 heavy (non-hydrogen) atoms. The quantitative estimate of drug-likeness (QED) is 0.437. The van der Waals surface area contributed by atoms with E-state index in [9.17, 15) is 0 Å². The van der Waals surface area contributed by atoms with Gasteiger partial charge in [-0.1, -0.05) is 50.6 Å². The maximum atomic E-state index is 6.40. The first kappa shape index (κ1) is 19.1. The number of aromatic nitrogens is 2. The fourth-order valence-corrected chi connectivity index (χ4v) is 3.18. The third-order valence-corrected chi connectivity index (χ3v) is 4.66. The van der Waals surface area contributed by atoms with Crippen molar-refractivity contribution < 1.29 is 4.84 Å². The lowest BCUT2D eigenvalue weighted by atomic mass is 10.1. The highest BCUT2D eigenvalue weighted by Crippen LogP contribution is 2.26. The van der Waals surface area contributed by atoms with Gasteiger partial charge in [-0.15, -0.1) is 0 Å². The normalized spacial score (nSPS) is 12.2. The molecule has 0 aliphatic carbocycles. The summed E-state index contributed by atoms with van der Waals surface area (Å²) in [6.07, 6.45) is 5.69. The van der Waals surface area contributed by atoms with E-state index < -0.39 is 0 Å².